The first-order chi connectivity index (χ1) is 7.31. The number of hydrogen-bond donors (Lipinski definition) is 1. The average molecular weight is 203 g/mol. The summed E-state index contributed by atoms with van der Waals surface area (Å²) in [5, 5.41) is 3.22. The van der Waals surface area contributed by atoms with Gasteiger partial charge in [0.1, 0.15) is 6.61 Å². The van der Waals surface area contributed by atoms with E-state index in [9.17, 15) is 4.79 Å². The lowest BCUT2D eigenvalue weighted by atomic mass is 10.1. The molecular formula is C12H13NO2. The fourth-order valence-electron chi connectivity index (χ4n) is 1.64. The van der Waals surface area contributed by atoms with Gasteiger partial charge in [0, 0.05) is 12.2 Å². The third kappa shape index (κ3) is 2.01. The number of esters is 1. The predicted octanol–water partition coefficient (Wildman–Crippen LogP) is 2.00. The van der Waals surface area contributed by atoms with Crippen LogP contribution in [0.4, 0.5) is 5.69 Å². The molecule has 78 valence electrons. The maximum atomic E-state index is 11.5. The molecule has 0 saturated carbocycles. The van der Waals surface area contributed by atoms with Gasteiger partial charge >= 0.3 is 5.97 Å². The summed E-state index contributed by atoms with van der Waals surface area (Å²) in [4.78, 5) is 11.5. The lowest BCUT2D eigenvalue weighted by Crippen LogP contribution is -2.05. The van der Waals surface area contributed by atoms with Gasteiger partial charge in [-0.15, -0.1) is 0 Å². The first kappa shape index (κ1) is 9.77. The van der Waals surface area contributed by atoms with Gasteiger partial charge in [-0.05, 0) is 24.1 Å². The smallest absolute Gasteiger partial charge is 0.338 e. The van der Waals surface area contributed by atoms with Crippen molar-refractivity contribution in [3.05, 3.63) is 42.0 Å². The quantitative estimate of drug-likeness (QED) is 0.603. The molecule has 0 aliphatic carbocycles. The Morgan fingerprint density at radius 1 is 1.60 bits per heavy atom. The van der Waals surface area contributed by atoms with Crippen LogP contribution in [0, 0.1) is 0 Å². The van der Waals surface area contributed by atoms with Gasteiger partial charge in [0.15, 0.2) is 0 Å². The molecule has 2 rings (SSSR count). The molecule has 0 radical (unpaired) electrons. The van der Waals surface area contributed by atoms with Gasteiger partial charge in [-0.3, -0.25) is 0 Å². The van der Waals surface area contributed by atoms with E-state index < -0.39 is 0 Å². The van der Waals surface area contributed by atoms with Crippen molar-refractivity contribution in [1.82, 2.24) is 0 Å². The van der Waals surface area contributed by atoms with Crippen molar-refractivity contribution < 1.29 is 9.53 Å². The Labute approximate surface area is 88.8 Å². The molecule has 0 amide bonds. The summed E-state index contributed by atoms with van der Waals surface area (Å²) in [5.41, 5.74) is 2.89. The second-order valence-electron chi connectivity index (χ2n) is 3.44. The van der Waals surface area contributed by atoms with E-state index in [2.05, 4.69) is 11.9 Å². The highest BCUT2D eigenvalue weighted by atomic mass is 16.5. The summed E-state index contributed by atoms with van der Waals surface area (Å²) in [5.74, 6) is -0.300. The molecule has 0 spiro atoms. The molecule has 15 heavy (non-hydrogen) atoms. The van der Waals surface area contributed by atoms with E-state index in [4.69, 9.17) is 4.74 Å². The molecule has 0 saturated heterocycles. The molecule has 0 unspecified atom stereocenters. The number of ether oxygens (including phenoxy) is 1. The summed E-state index contributed by atoms with van der Waals surface area (Å²) in [7, 11) is 0. The zero-order valence-electron chi connectivity index (χ0n) is 8.45. The predicted molar refractivity (Wildman–Crippen MR) is 59.1 cm³/mol. The Hall–Kier alpha value is -1.77. The highest BCUT2D eigenvalue weighted by molar-refractivity contribution is 5.91. The van der Waals surface area contributed by atoms with Crippen LogP contribution in [0.2, 0.25) is 0 Å². The Kier molecular flexibility index (Phi) is 2.72. The van der Waals surface area contributed by atoms with Crippen LogP contribution >= 0.6 is 0 Å². The van der Waals surface area contributed by atoms with Crippen molar-refractivity contribution in [3.63, 3.8) is 0 Å². The van der Waals surface area contributed by atoms with Gasteiger partial charge in [-0.25, -0.2) is 4.79 Å². The standard InChI is InChI=1S/C12H13NO2/c1-2-7-15-12(14)10-4-3-9-5-6-13-11(9)8-10/h2-4,8,13H,1,5-7H2. The maximum absolute atomic E-state index is 11.5. The number of anilines is 1. The van der Waals surface area contributed by atoms with Crippen LogP contribution in [-0.2, 0) is 11.2 Å². The molecule has 0 atom stereocenters. The molecule has 1 heterocycles. The summed E-state index contributed by atoms with van der Waals surface area (Å²) >= 11 is 0. The number of nitrogens with one attached hydrogen (secondary N) is 1. The minimum atomic E-state index is -0.300. The van der Waals surface area contributed by atoms with Crippen molar-refractivity contribution in [3.8, 4) is 0 Å². The number of carbonyl (C=O) groups is 1. The van der Waals surface area contributed by atoms with Gasteiger partial charge in [-0.1, -0.05) is 18.7 Å². The van der Waals surface area contributed by atoms with Gasteiger partial charge in [0.05, 0.1) is 5.56 Å². The fourth-order valence-corrected chi connectivity index (χ4v) is 1.64. The Morgan fingerprint density at radius 3 is 3.27 bits per heavy atom. The van der Waals surface area contributed by atoms with Crippen molar-refractivity contribution in [2.24, 2.45) is 0 Å². The molecule has 3 heteroatoms. The summed E-state index contributed by atoms with van der Waals surface area (Å²) in [6.45, 7) is 4.69. The molecular weight excluding hydrogens is 190 g/mol. The highest BCUT2D eigenvalue weighted by Crippen LogP contribution is 2.23. The largest absolute Gasteiger partial charge is 0.458 e. The van der Waals surface area contributed by atoms with Crippen molar-refractivity contribution in [1.29, 1.82) is 0 Å². The molecule has 1 aromatic carbocycles. The van der Waals surface area contributed by atoms with Gasteiger partial charge in [-0.2, -0.15) is 0 Å². The molecule has 3 nitrogen and oxygen atoms in total. The summed E-state index contributed by atoms with van der Waals surface area (Å²) < 4.78 is 4.95. The Bertz CT molecular complexity index is 399. The van der Waals surface area contributed by atoms with E-state index in [1.807, 2.05) is 12.1 Å². The molecule has 0 fully saturated rings. The average Bonchev–Trinajstić information content (AvgIpc) is 2.72. The van der Waals surface area contributed by atoms with Crippen LogP contribution in [0.3, 0.4) is 0 Å². The van der Waals surface area contributed by atoms with Crippen molar-refractivity contribution >= 4 is 11.7 Å². The lowest BCUT2D eigenvalue weighted by molar-refractivity contribution is 0.0550. The number of carbonyl (C=O) groups excluding carboxylic acids is 1. The Morgan fingerprint density at radius 2 is 2.47 bits per heavy atom. The second-order valence-corrected chi connectivity index (χ2v) is 3.44. The van der Waals surface area contributed by atoms with E-state index >= 15 is 0 Å². The second kappa shape index (κ2) is 4.17. The molecule has 0 bridgehead atoms. The van der Waals surface area contributed by atoms with E-state index in [1.54, 1.807) is 12.1 Å². The van der Waals surface area contributed by atoms with Gasteiger partial charge in [0.2, 0.25) is 0 Å². The minimum Gasteiger partial charge on any atom is -0.458 e. The molecule has 1 N–H and O–H groups in total. The number of hydrogen-bond acceptors (Lipinski definition) is 3. The number of benzene rings is 1. The maximum Gasteiger partial charge on any atom is 0.338 e. The van der Waals surface area contributed by atoms with Crippen LogP contribution in [0.15, 0.2) is 30.9 Å². The summed E-state index contributed by atoms with van der Waals surface area (Å²) in [6.07, 6.45) is 2.58. The molecule has 0 aromatic heterocycles. The van der Waals surface area contributed by atoms with Gasteiger partial charge in [0.25, 0.3) is 0 Å². The van der Waals surface area contributed by atoms with E-state index in [-0.39, 0.29) is 12.6 Å². The zero-order valence-corrected chi connectivity index (χ0v) is 8.45. The first-order valence-corrected chi connectivity index (χ1v) is 4.96. The minimum absolute atomic E-state index is 0.253. The van der Waals surface area contributed by atoms with Gasteiger partial charge < -0.3 is 10.1 Å². The molecule has 1 aromatic rings. The summed E-state index contributed by atoms with van der Waals surface area (Å²) in [6, 6.07) is 5.62. The van der Waals surface area contributed by atoms with Crippen LogP contribution in [0.5, 0.6) is 0 Å². The third-order valence-corrected chi connectivity index (χ3v) is 2.39. The van der Waals surface area contributed by atoms with Crippen LogP contribution < -0.4 is 5.32 Å². The highest BCUT2D eigenvalue weighted by Gasteiger charge is 2.13. The van der Waals surface area contributed by atoms with Crippen LogP contribution in [-0.4, -0.2) is 19.1 Å². The third-order valence-electron chi connectivity index (χ3n) is 2.39. The first-order valence-electron chi connectivity index (χ1n) is 4.96. The van der Waals surface area contributed by atoms with E-state index in [0.29, 0.717) is 5.56 Å². The van der Waals surface area contributed by atoms with E-state index in [0.717, 1.165) is 18.7 Å². The van der Waals surface area contributed by atoms with Crippen LogP contribution in [0.25, 0.3) is 0 Å². The lowest BCUT2D eigenvalue weighted by Gasteiger charge is -2.04. The zero-order chi connectivity index (χ0) is 10.7. The Balaban J connectivity index is 2.15. The fraction of sp³-hybridized carbons (Fsp3) is 0.250. The SMILES string of the molecule is C=CCOC(=O)c1ccc2c(c1)NCC2. The van der Waals surface area contributed by atoms with Crippen molar-refractivity contribution in [2.75, 3.05) is 18.5 Å². The number of rotatable bonds is 3. The van der Waals surface area contributed by atoms with Crippen molar-refractivity contribution in [2.45, 2.75) is 6.42 Å². The monoisotopic (exact) mass is 203 g/mol. The van der Waals surface area contributed by atoms with E-state index in [1.165, 1.54) is 5.56 Å². The molecule has 1 aliphatic rings. The topological polar surface area (TPSA) is 38.3 Å². The number of fused-ring (bicyclic) bond motifs is 1. The molecule has 1 aliphatic heterocycles. The normalized spacial score (nSPS) is 12.8. The van der Waals surface area contributed by atoms with Crippen LogP contribution in [0.1, 0.15) is 15.9 Å².